The van der Waals surface area contributed by atoms with E-state index in [1.807, 2.05) is 30.3 Å². The Morgan fingerprint density at radius 3 is 2.13 bits per heavy atom. The van der Waals surface area contributed by atoms with E-state index in [2.05, 4.69) is 45.2 Å². The van der Waals surface area contributed by atoms with Crippen molar-refractivity contribution in [2.75, 3.05) is 0 Å². The van der Waals surface area contributed by atoms with E-state index in [4.69, 9.17) is 0 Å². The van der Waals surface area contributed by atoms with Gasteiger partial charge < -0.3 is 0 Å². The number of benzene rings is 2. The molecule has 15 heavy (non-hydrogen) atoms. The predicted molar refractivity (Wildman–Crippen MR) is 77.3 cm³/mol. The van der Waals surface area contributed by atoms with E-state index in [1.165, 1.54) is 6.07 Å². The van der Waals surface area contributed by atoms with E-state index >= 15 is 0 Å². The van der Waals surface area contributed by atoms with Crippen LogP contribution in [0.4, 0.5) is 4.39 Å². The van der Waals surface area contributed by atoms with Crippen LogP contribution >= 0.6 is 45.2 Å². The monoisotopic (exact) mass is 424 g/mol. The molecule has 0 N–H and O–H groups in total. The van der Waals surface area contributed by atoms with Crippen molar-refractivity contribution in [3.05, 3.63) is 55.4 Å². The Morgan fingerprint density at radius 2 is 1.47 bits per heavy atom. The fraction of sp³-hybridized carbons (Fsp3) is 0. The van der Waals surface area contributed by atoms with Gasteiger partial charge in [0.25, 0.3) is 0 Å². The van der Waals surface area contributed by atoms with Crippen molar-refractivity contribution in [3.63, 3.8) is 0 Å². The molecule has 0 heterocycles. The van der Waals surface area contributed by atoms with Gasteiger partial charge in [0.05, 0.1) is 0 Å². The van der Waals surface area contributed by atoms with Gasteiger partial charge in [0.1, 0.15) is 5.82 Å². The Morgan fingerprint density at radius 1 is 0.800 bits per heavy atom. The van der Waals surface area contributed by atoms with Crippen LogP contribution < -0.4 is 0 Å². The molecule has 2 rings (SSSR count). The molecule has 0 aliphatic rings. The zero-order chi connectivity index (χ0) is 10.8. The van der Waals surface area contributed by atoms with E-state index in [1.54, 1.807) is 6.07 Å². The first-order chi connectivity index (χ1) is 7.20. The first-order valence-corrected chi connectivity index (χ1v) is 6.55. The van der Waals surface area contributed by atoms with Crippen molar-refractivity contribution < 1.29 is 4.39 Å². The van der Waals surface area contributed by atoms with Gasteiger partial charge in [-0.1, -0.05) is 24.3 Å². The van der Waals surface area contributed by atoms with Crippen molar-refractivity contribution in [1.29, 1.82) is 0 Å². The van der Waals surface area contributed by atoms with E-state index in [0.717, 1.165) is 12.7 Å². The maximum Gasteiger partial charge on any atom is 0.132 e. The van der Waals surface area contributed by atoms with E-state index < -0.39 is 0 Å². The Bertz CT molecular complexity index is 474. The highest BCUT2D eigenvalue weighted by Crippen LogP contribution is 2.31. The third-order valence-corrected chi connectivity index (χ3v) is 3.95. The highest BCUT2D eigenvalue weighted by molar-refractivity contribution is 14.1. The van der Waals surface area contributed by atoms with Crippen LogP contribution in [0.2, 0.25) is 0 Å². The number of rotatable bonds is 1. The summed E-state index contributed by atoms with van der Waals surface area (Å²) in [4.78, 5) is 0. The lowest BCUT2D eigenvalue weighted by molar-refractivity contribution is 0.630. The zero-order valence-electron chi connectivity index (χ0n) is 7.68. The second kappa shape index (κ2) is 4.78. The van der Waals surface area contributed by atoms with Crippen molar-refractivity contribution in [2.45, 2.75) is 0 Å². The molecule has 0 atom stereocenters. The van der Waals surface area contributed by atoms with E-state index in [9.17, 15) is 4.39 Å². The van der Waals surface area contributed by atoms with Gasteiger partial charge in [-0.25, -0.2) is 4.39 Å². The third kappa shape index (κ3) is 2.33. The van der Waals surface area contributed by atoms with Crippen LogP contribution in [-0.2, 0) is 0 Å². The molecular formula is C12H7FI2. The smallest absolute Gasteiger partial charge is 0.132 e. The molecule has 0 aliphatic heterocycles. The SMILES string of the molecule is Fc1cccc(I)c1-c1ccccc1I. The fourth-order valence-corrected chi connectivity index (χ4v) is 2.83. The standard InChI is InChI=1S/C12H7FI2/c13-9-5-3-7-11(15)12(9)8-4-1-2-6-10(8)14/h1-7H. The highest BCUT2D eigenvalue weighted by atomic mass is 127. The van der Waals surface area contributed by atoms with Crippen LogP contribution in [0, 0.1) is 13.0 Å². The van der Waals surface area contributed by atoms with Gasteiger partial charge >= 0.3 is 0 Å². The molecule has 0 spiro atoms. The van der Waals surface area contributed by atoms with E-state index in [-0.39, 0.29) is 5.82 Å². The van der Waals surface area contributed by atoms with Crippen molar-refractivity contribution in [3.8, 4) is 11.1 Å². The Hall–Kier alpha value is -0.170. The molecule has 2 aromatic rings. The quantitative estimate of drug-likeness (QED) is 0.583. The number of hydrogen-bond donors (Lipinski definition) is 0. The summed E-state index contributed by atoms with van der Waals surface area (Å²) in [7, 11) is 0. The lowest BCUT2D eigenvalue weighted by Crippen LogP contribution is -1.90. The minimum Gasteiger partial charge on any atom is -0.206 e. The van der Waals surface area contributed by atoms with Crippen LogP contribution in [-0.4, -0.2) is 0 Å². The minimum atomic E-state index is -0.161. The molecule has 3 heteroatoms. The summed E-state index contributed by atoms with van der Waals surface area (Å²) in [5, 5.41) is 0. The predicted octanol–water partition coefficient (Wildman–Crippen LogP) is 4.70. The zero-order valence-corrected chi connectivity index (χ0v) is 12.0. The molecule has 76 valence electrons. The lowest BCUT2D eigenvalue weighted by Gasteiger charge is -2.08. The molecule has 0 fully saturated rings. The van der Waals surface area contributed by atoms with Crippen LogP contribution in [0.1, 0.15) is 0 Å². The molecule has 0 aliphatic carbocycles. The molecule has 0 saturated carbocycles. The third-order valence-electron chi connectivity index (χ3n) is 2.11. The average molecular weight is 424 g/mol. The first kappa shape index (κ1) is 11.3. The van der Waals surface area contributed by atoms with Crippen LogP contribution in [0.15, 0.2) is 42.5 Å². The second-order valence-corrected chi connectivity index (χ2v) is 5.40. The van der Waals surface area contributed by atoms with Gasteiger partial charge in [-0.05, 0) is 68.9 Å². The van der Waals surface area contributed by atoms with Crippen LogP contribution in [0.25, 0.3) is 11.1 Å². The largest absolute Gasteiger partial charge is 0.206 e. The molecular weight excluding hydrogens is 417 g/mol. The summed E-state index contributed by atoms with van der Waals surface area (Å²) in [5.74, 6) is -0.161. The highest BCUT2D eigenvalue weighted by Gasteiger charge is 2.10. The van der Waals surface area contributed by atoms with E-state index in [0.29, 0.717) is 5.56 Å². The fourth-order valence-electron chi connectivity index (χ4n) is 1.42. The number of hydrogen-bond acceptors (Lipinski definition) is 0. The molecule has 2 aromatic carbocycles. The second-order valence-electron chi connectivity index (χ2n) is 3.08. The normalized spacial score (nSPS) is 10.3. The average Bonchev–Trinajstić information content (AvgIpc) is 2.20. The van der Waals surface area contributed by atoms with Crippen LogP contribution in [0.5, 0.6) is 0 Å². The van der Waals surface area contributed by atoms with Crippen LogP contribution in [0.3, 0.4) is 0 Å². The summed E-state index contributed by atoms with van der Waals surface area (Å²) in [6, 6.07) is 13.0. The summed E-state index contributed by atoms with van der Waals surface area (Å²) in [6.45, 7) is 0. The van der Waals surface area contributed by atoms with Gasteiger partial charge in [-0.2, -0.15) is 0 Å². The van der Waals surface area contributed by atoms with Gasteiger partial charge in [-0.15, -0.1) is 0 Å². The maximum atomic E-state index is 13.7. The molecule has 0 bridgehead atoms. The topological polar surface area (TPSA) is 0 Å². The molecule has 0 unspecified atom stereocenters. The first-order valence-electron chi connectivity index (χ1n) is 4.39. The summed E-state index contributed by atoms with van der Waals surface area (Å²) < 4.78 is 15.7. The maximum absolute atomic E-state index is 13.7. The molecule has 0 radical (unpaired) electrons. The number of halogens is 3. The molecule has 0 aromatic heterocycles. The molecule has 0 saturated heterocycles. The van der Waals surface area contributed by atoms with Gasteiger partial charge in [-0.3, -0.25) is 0 Å². The lowest BCUT2D eigenvalue weighted by atomic mass is 10.1. The van der Waals surface area contributed by atoms with Gasteiger partial charge in [0.2, 0.25) is 0 Å². The Kier molecular flexibility index (Phi) is 3.60. The summed E-state index contributed by atoms with van der Waals surface area (Å²) in [5.41, 5.74) is 1.66. The van der Waals surface area contributed by atoms with Crippen molar-refractivity contribution >= 4 is 45.2 Å². The summed E-state index contributed by atoms with van der Waals surface area (Å²) in [6.07, 6.45) is 0. The van der Waals surface area contributed by atoms with Crippen molar-refractivity contribution in [1.82, 2.24) is 0 Å². The molecule has 0 amide bonds. The van der Waals surface area contributed by atoms with Crippen molar-refractivity contribution in [2.24, 2.45) is 0 Å². The molecule has 0 nitrogen and oxygen atoms in total. The summed E-state index contributed by atoms with van der Waals surface area (Å²) >= 11 is 4.39. The minimum absolute atomic E-state index is 0.161. The van der Waals surface area contributed by atoms with Gasteiger partial charge in [0.15, 0.2) is 0 Å². The Labute approximate surface area is 115 Å². The Balaban J connectivity index is 2.69. The van der Waals surface area contributed by atoms with Gasteiger partial charge in [0, 0.05) is 12.7 Å².